The second-order valence-electron chi connectivity index (χ2n) is 5.42. The number of anilines is 2. The fraction of sp³-hybridized carbons (Fsp3) is 0.750. The van der Waals surface area contributed by atoms with E-state index < -0.39 is 0 Å². The number of aliphatic hydroxyl groups excluding tert-OH is 1. The first-order chi connectivity index (χ1) is 10.1. The molecule has 0 amide bonds. The van der Waals surface area contributed by atoms with Crippen LogP contribution in [-0.2, 0) is 6.42 Å². The Morgan fingerprint density at radius 3 is 2.14 bits per heavy atom. The molecule has 0 aliphatic heterocycles. The quantitative estimate of drug-likeness (QED) is 0.618. The molecule has 1 unspecified atom stereocenters. The van der Waals surface area contributed by atoms with E-state index in [0.717, 1.165) is 68.2 Å². The summed E-state index contributed by atoms with van der Waals surface area (Å²) in [6.07, 6.45) is 4.26. The lowest BCUT2D eigenvalue weighted by molar-refractivity contribution is 0.164. The maximum atomic E-state index is 9.63. The molecule has 0 aliphatic rings. The van der Waals surface area contributed by atoms with Crippen LogP contribution in [-0.4, -0.2) is 34.3 Å². The lowest BCUT2D eigenvalue weighted by Crippen LogP contribution is -2.16. The minimum absolute atomic E-state index is 0.243. The molecule has 0 aromatic carbocycles. The van der Waals surface area contributed by atoms with Crippen LogP contribution in [0.5, 0.6) is 0 Å². The molecule has 5 heteroatoms. The smallest absolute Gasteiger partial charge is 0.134 e. The van der Waals surface area contributed by atoms with Crippen molar-refractivity contribution < 1.29 is 5.11 Å². The molecule has 0 fully saturated rings. The van der Waals surface area contributed by atoms with Crippen LogP contribution in [0.2, 0.25) is 0 Å². The monoisotopic (exact) mass is 294 g/mol. The summed E-state index contributed by atoms with van der Waals surface area (Å²) in [5.41, 5.74) is 1.05. The highest BCUT2D eigenvalue weighted by Gasteiger charge is 2.10. The molecule has 0 bridgehead atoms. The largest absolute Gasteiger partial charge is 0.393 e. The van der Waals surface area contributed by atoms with E-state index >= 15 is 0 Å². The summed E-state index contributed by atoms with van der Waals surface area (Å²) in [5, 5.41) is 16.3. The van der Waals surface area contributed by atoms with Gasteiger partial charge in [0.25, 0.3) is 0 Å². The third kappa shape index (κ3) is 5.87. The van der Waals surface area contributed by atoms with Gasteiger partial charge < -0.3 is 15.7 Å². The van der Waals surface area contributed by atoms with E-state index in [1.807, 2.05) is 13.8 Å². The average molecular weight is 294 g/mol. The van der Waals surface area contributed by atoms with Crippen LogP contribution in [0.4, 0.5) is 11.6 Å². The van der Waals surface area contributed by atoms with E-state index in [1.165, 1.54) is 0 Å². The van der Waals surface area contributed by atoms with E-state index in [2.05, 4.69) is 34.4 Å². The van der Waals surface area contributed by atoms with Crippen molar-refractivity contribution in [3.8, 4) is 0 Å². The first-order valence-electron chi connectivity index (χ1n) is 8.15. The van der Waals surface area contributed by atoms with Crippen LogP contribution in [0.15, 0.2) is 0 Å². The van der Waals surface area contributed by atoms with Gasteiger partial charge in [0, 0.05) is 25.1 Å². The second-order valence-corrected chi connectivity index (χ2v) is 5.42. The Morgan fingerprint density at radius 2 is 1.62 bits per heavy atom. The van der Waals surface area contributed by atoms with Crippen LogP contribution in [0, 0.1) is 6.92 Å². The summed E-state index contributed by atoms with van der Waals surface area (Å²) < 4.78 is 0. The molecule has 0 saturated heterocycles. The van der Waals surface area contributed by atoms with Crippen molar-refractivity contribution in [1.82, 2.24) is 9.97 Å². The van der Waals surface area contributed by atoms with Gasteiger partial charge in [-0.3, -0.25) is 0 Å². The first-order valence-corrected chi connectivity index (χ1v) is 8.15. The van der Waals surface area contributed by atoms with Gasteiger partial charge in [-0.1, -0.05) is 20.8 Å². The number of hydrogen-bond acceptors (Lipinski definition) is 5. The standard InChI is InChI=1S/C16H30N4O/c1-5-8-14-19-15(17-10-6-2)12(4)16(20-14)18-11-9-13(21)7-3/h13,21H,5-11H2,1-4H3,(H2,17,18,19,20). The zero-order valence-electron chi connectivity index (χ0n) is 13.9. The Hall–Kier alpha value is -1.36. The molecule has 0 radical (unpaired) electrons. The van der Waals surface area contributed by atoms with Gasteiger partial charge in [-0.15, -0.1) is 0 Å². The van der Waals surface area contributed by atoms with E-state index in [1.54, 1.807) is 0 Å². The molecule has 1 heterocycles. The number of hydrogen-bond donors (Lipinski definition) is 3. The van der Waals surface area contributed by atoms with Gasteiger partial charge in [0.05, 0.1) is 6.10 Å². The van der Waals surface area contributed by atoms with Gasteiger partial charge in [-0.05, 0) is 32.6 Å². The predicted molar refractivity (Wildman–Crippen MR) is 88.9 cm³/mol. The topological polar surface area (TPSA) is 70.1 Å². The number of aryl methyl sites for hydroxylation is 1. The van der Waals surface area contributed by atoms with E-state index in [-0.39, 0.29) is 6.10 Å². The van der Waals surface area contributed by atoms with Crippen molar-refractivity contribution in [3.05, 3.63) is 11.4 Å². The van der Waals surface area contributed by atoms with Crippen molar-refractivity contribution >= 4 is 11.6 Å². The number of nitrogens with zero attached hydrogens (tertiary/aromatic N) is 2. The second kappa shape index (κ2) is 9.55. The van der Waals surface area contributed by atoms with Crippen LogP contribution < -0.4 is 10.6 Å². The third-order valence-electron chi connectivity index (χ3n) is 3.45. The molecule has 120 valence electrons. The Labute approximate surface area is 128 Å². The molecule has 3 N–H and O–H groups in total. The molecule has 5 nitrogen and oxygen atoms in total. The lowest BCUT2D eigenvalue weighted by atomic mass is 10.2. The number of nitrogens with one attached hydrogen (secondary N) is 2. The van der Waals surface area contributed by atoms with Crippen LogP contribution in [0.1, 0.15) is 57.8 Å². The lowest BCUT2D eigenvalue weighted by Gasteiger charge is -2.15. The molecule has 0 spiro atoms. The summed E-state index contributed by atoms with van der Waals surface area (Å²) in [7, 11) is 0. The van der Waals surface area contributed by atoms with Crippen LogP contribution in [0.3, 0.4) is 0 Å². The first kappa shape index (κ1) is 17.7. The zero-order chi connectivity index (χ0) is 15.7. The Kier molecular flexibility index (Phi) is 8.05. The highest BCUT2D eigenvalue weighted by Crippen LogP contribution is 2.20. The SMILES string of the molecule is CCCNc1nc(CCC)nc(NCCC(O)CC)c1C. The summed E-state index contributed by atoms with van der Waals surface area (Å²) in [5.74, 6) is 2.68. The van der Waals surface area contributed by atoms with Gasteiger partial charge in [0.15, 0.2) is 0 Å². The van der Waals surface area contributed by atoms with Gasteiger partial charge >= 0.3 is 0 Å². The average Bonchev–Trinajstić information content (AvgIpc) is 2.48. The zero-order valence-corrected chi connectivity index (χ0v) is 13.9. The summed E-state index contributed by atoms with van der Waals surface area (Å²) in [4.78, 5) is 9.22. The summed E-state index contributed by atoms with van der Waals surface area (Å²) >= 11 is 0. The maximum absolute atomic E-state index is 9.63. The minimum atomic E-state index is -0.243. The number of aromatic nitrogens is 2. The fourth-order valence-electron chi connectivity index (χ4n) is 2.05. The molecular formula is C16H30N4O. The third-order valence-corrected chi connectivity index (χ3v) is 3.45. The van der Waals surface area contributed by atoms with E-state index in [4.69, 9.17) is 0 Å². The Bertz CT molecular complexity index is 423. The Morgan fingerprint density at radius 1 is 1.00 bits per heavy atom. The summed E-state index contributed by atoms with van der Waals surface area (Å²) in [6.45, 7) is 9.94. The van der Waals surface area contributed by atoms with Gasteiger partial charge in [0.1, 0.15) is 17.5 Å². The number of aliphatic hydroxyl groups is 1. The van der Waals surface area contributed by atoms with Gasteiger partial charge in [-0.2, -0.15) is 0 Å². The van der Waals surface area contributed by atoms with Crippen molar-refractivity contribution in [2.24, 2.45) is 0 Å². The molecule has 21 heavy (non-hydrogen) atoms. The predicted octanol–water partition coefficient (Wildman–Crippen LogP) is 3.13. The van der Waals surface area contributed by atoms with Gasteiger partial charge in [0.2, 0.25) is 0 Å². The van der Waals surface area contributed by atoms with Gasteiger partial charge in [-0.25, -0.2) is 9.97 Å². The summed E-state index contributed by atoms with van der Waals surface area (Å²) in [6, 6.07) is 0. The molecule has 0 aliphatic carbocycles. The maximum Gasteiger partial charge on any atom is 0.134 e. The van der Waals surface area contributed by atoms with Crippen molar-refractivity contribution in [3.63, 3.8) is 0 Å². The molecule has 1 aromatic heterocycles. The molecule has 0 saturated carbocycles. The van der Waals surface area contributed by atoms with E-state index in [9.17, 15) is 5.11 Å². The highest BCUT2D eigenvalue weighted by molar-refractivity contribution is 5.57. The van der Waals surface area contributed by atoms with Crippen molar-refractivity contribution in [2.45, 2.75) is 65.9 Å². The Balaban J connectivity index is 2.81. The van der Waals surface area contributed by atoms with Crippen molar-refractivity contribution in [2.75, 3.05) is 23.7 Å². The number of rotatable bonds is 10. The van der Waals surface area contributed by atoms with E-state index in [0.29, 0.717) is 0 Å². The molecular weight excluding hydrogens is 264 g/mol. The van der Waals surface area contributed by atoms with Crippen LogP contribution in [0.25, 0.3) is 0 Å². The van der Waals surface area contributed by atoms with Crippen molar-refractivity contribution in [1.29, 1.82) is 0 Å². The molecule has 1 rings (SSSR count). The normalized spacial score (nSPS) is 12.2. The molecule has 1 aromatic rings. The molecule has 1 atom stereocenters. The minimum Gasteiger partial charge on any atom is -0.393 e. The van der Waals surface area contributed by atoms with Crippen LogP contribution >= 0.6 is 0 Å². The highest BCUT2D eigenvalue weighted by atomic mass is 16.3. The fourth-order valence-corrected chi connectivity index (χ4v) is 2.05.